The largest absolute Gasteiger partial charge is 0.344 e. The van der Waals surface area contributed by atoms with Crippen LogP contribution in [-0.4, -0.2) is 56.0 Å². The Kier molecular flexibility index (Phi) is 5.39. The van der Waals surface area contributed by atoms with Crippen LogP contribution in [0.3, 0.4) is 0 Å². The Morgan fingerprint density at radius 1 is 1.21 bits per heavy atom. The van der Waals surface area contributed by atoms with Crippen LogP contribution in [0.5, 0.6) is 0 Å². The molecular weight excluding hydrogens is 238 g/mol. The fourth-order valence-corrected chi connectivity index (χ4v) is 3.02. The van der Waals surface area contributed by atoms with E-state index < -0.39 is 0 Å². The highest BCUT2D eigenvalue weighted by Crippen LogP contribution is 2.44. The number of hydrogen-bond acceptors (Lipinski definition) is 3. The molecule has 1 amide bonds. The lowest BCUT2D eigenvalue weighted by atomic mass is 9.61. The van der Waals surface area contributed by atoms with Gasteiger partial charge in [-0.2, -0.15) is 0 Å². The third-order valence-corrected chi connectivity index (χ3v) is 5.06. The van der Waals surface area contributed by atoms with Crippen LogP contribution in [0.15, 0.2) is 0 Å². The molecule has 0 aliphatic heterocycles. The van der Waals surface area contributed by atoms with Gasteiger partial charge in [-0.25, -0.2) is 0 Å². The van der Waals surface area contributed by atoms with Crippen molar-refractivity contribution >= 4 is 5.91 Å². The van der Waals surface area contributed by atoms with Gasteiger partial charge in [-0.05, 0) is 38.3 Å². The number of amides is 1. The van der Waals surface area contributed by atoms with Crippen LogP contribution in [0, 0.1) is 17.3 Å². The van der Waals surface area contributed by atoms with Gasteiger partial charge < -0.3 is 15.5 Å². The van der Waals surface area contributed by atoms with Gasteiger partial charge in [0.15, 0.2) is 0 Å². The quantitative estimate of drug-likeness (QED) is 0.839. The first-order chi connectivity index (χ1) is 8.67. The zero-order valence-corrected chi connectivity index (χ0v) is 13.4. The Hall–Kier alpha value is -0.610. The van der Waals surface area contributed by atoms with Crippen LogP contribution in [0.2, 0.25) is 0 Å². The standard InChI is InChI=1S/C15H31N3O/c1-11-13(16)8-7-12(15(11,2)3)14(19)18(6)10-9-17(4)5/h11-13H,7-10,16H2,1-6H3. The summed E-state index contributed by atoms with van der Waals surface area (Å²) in [5, 5.41) is 0. The zero-order valence-electron chi connectivity index (χ0n) is 13.4. The maximum Gasteiger partial charge on any atom is 0.226 e. The molecule has 0 bridgehead atoms. The van der Waals surface area contributed by atoms with Crippen LogP contribution >= 0.6 is 0 Å². The first kappa shape index (κ1) is 16.4. The molecule has 19 heavy (non-hydrogen) atoms. The lowest BCUT2D eigenvalue weighted by molar-refractivity contribution is -0.142. The van der Waals surface area contributed by atoms with E-state index in [1.807, 2.05) is 26.0 Å². The Morgan fingerprint density at radius 3 is 2.32 bits per heavy atom. The third-order valence-electron chi connectivity index (χ3n) is 5.06. The molecule has 0 aromatic carbocycles. The van der Waals surface area contributed by atoms with E-state index in [-0.39, 0.29) is 23.3 Å². The van der Waals surface area contributed by atoms with Crippen molar-refractivity contribution in [2.75, 3.05) is 34.2 Å². The zero-order chi connectivity index (χ0) is 14.8. The van der Waals surface area contributed by atoms with Gasteiger partial charge in [0.2, 0.25) is 5.91 Å². The van der Waals surface area contributed by atoms with E-state index in [0.717, 1.165) is 25.9 Å². The highest BCUT2D eigenvalue weighted by molar-refractivity contribution is 5.79. The number of hydrogen-bond donors (Lipinski definition) is 1. The van der Waals surface area contributed by atoms with Crippen molar-refractivity contribution in [3.8, 4) is 0 Å². The first-order valence-electron chi connectivity index (χ1n) is 7.33. The maximum atomic E-state index is 12.6. The maximum absolute atomic E-state index is 12.6. The molecule has 0 radical (unpaired) electrons. The SMILES string of the molecule is CC1C(N)CCC(C(=O)N(C)CCN(C)C)C1(C)C. The molecule has 0 aromatic heterocycles. The lowest BCUT2D eigenvalue weighted by Crippen LogP contribution is -2.52. The highest BCUT2D eigenvalue weighted by atomic mass is 16.2. The molecule has 112 valence electrons. The topological polar surface area (TPSA) is 49.6 Å². The van der Waals surface area contributed by atoms with Crippen LogP contribution in [0.25, 0.3) is 0 Å². The van der Waals surface area contributed by atoms with Gasteiger partial charge in [-0.1, -0.05) is 20.8 Å². The van der Waals surface area contributed by atoms with Gasteiger partial charge in [0, 0.05) is 32.1 Å². The van der Waals surface area contributed by atoms with Crippen LogP contribution in [0.4, 0.5) is 0 Å². The summed E-state index contributed by atoms with van der Waals surface area (Å²) in [6, 6.07) is 0.228. The monoisotopic (exact) mass is 269 g/mol. The third kappa shape index (κ3) is 3.69. The van der Waals surface area contributed by atoms with E-state index in [0.29, 0.717) is 5.92 Å². The molecule has 1 saturated carbocycles. The van der Waals surface area contributed by atoms with Crippen molar-refractivity contribution in [3.63, 3.8) is 0 Å². The van der Waals surface area contributed by atoms with Crippen LogP contribution in [0.1, 0.15) is 33.6 Å². The van der Waals surface area contributed by atoms with E-state index in [2.05, 4.69) is 25.7 Å². The fourth-order valence-electron chi connectivity index (χ4n) is 3.02. The van der Waals surface area contributed by atoms with Crippen molar-refractivity contribution in [1.29, 1.82) is 0 Å². The van der Waals surface area contributed by atoms with E-state index in [9.17, 15) is 4.79 Å². The Bertz CT molecular complexity index is 315. The summed E-state index contributed by atoms with van der Waals surface area (Å²) in [5.74, 6) is 0.775. The molecule has 0 spiro atoms. The Labute approximate surface area is 118 Å². The number of likely N-dealkylation sites (N-methyl/N-ethyl adjacent to an activating group) is 2. The molecule has 1 aliphatic carbocycles. The molecule has 3 atom stereocenters. The molecule has 1 fully saturated rings. The summed E-state index contributed by atoms with van der Waals surface area (Å²) in [4.78, 5) is 16.6. The second-order valence-electron chi connectivity index (χ2n) is 6.97. The Morgan fingerprint density at radius 2 is 1.79 bits per heavy atom. The Balaban J connectivity index is 2.70. The van der Waals surface area contributed by atoms with Crippen molar-refractivity contribution < 1.29 is 4.79 Å². The smallest absolute Gasteiger partial charge is 0.226 e. The number of nitrogens with zero attached hydrogens (tertiary/aromatic N) is 2. The molecule has 0 aromatic rings. The number of nitrogens with two attached hydrogens (primary N) is 1. The summed E-state index contributed by atoms with van der Waals surface area (Å²) < 4.78 is 0. The van der Waals surface area contributed by atoms with E-state index >= 15 is 0 Å². The number of carbonyl (C=O) groups excluding carboxylic acids is 1. The molecule has 4 heteroatoms. The van der Waals surface area contributed by atoms with Crippen molar-refractivity contribution in [2.45, 2.75) is 39.7 Å². The molecule has 4 nitrogen and oxygen atoms in total. The van der Waals surface area contributed by atoms with Crippen LogP contribution in [-0.2, 0) is 4.79 Å². The van der Waals surface area contributed by atoms with Gasteiger partial charge in [0.1, 0.15) is 0 Å². The summed E-state index contributed by atoms with van der Waals surface area (Å²) in [6.07, 6.45) is 1.88. The fraction of sp³-hybridized carbons (Fsp3) is 0.933. The molecule has 0 saturated heterocycles. The van der Waals surface area contributed by atoms with E-state index in [4.69, 9.17) is 5.73 Å². The average Bonchev–Trinajstić information content (AvgIpc) is 2.32. The molecule has 1 rings (SSSR count). The van der Waals surface area contributed by atoms with Gasteiger partial charge in [-0.3, -0.25) is 4.79 Å². The first-order valence-corrected chi connectivity index (χ1v) is 7.33. The molecule has 3 unspecified atom stereocenters. The molecule has 2 N–H and O–H groups in total. The van der Waals surface area contributed by atoms with Gasteiger partial charge >= 0.3 is 0 Å². The van der Waals surface area contributed by atoms with Gasteiger partial charge in [0.05, 0.1) is 0 Å². The van der Waals surface area contributed by atoms with Gasteiger partial charge in [0.25, 0.3) is 0 Å². The summed E-state index contributed by atoms with van der Waals surface area (Å²) >= 11 is 0. The van der Waals surface area contributed by atoms with E-state index in [1.165, 1.54) is 0 Å². The summed E-state index contributed by atoms with van der Waals surface area (Å²) in [7, 11) is 5.98. The normalized spacial score (nSPS) is 30.4. The predicted octanol–water partition coefficient (Wildman–Crippen LogP) is 1.41. The average molecular weight is 269 g/mol. The summed E-state index contributed by atoms with van der Waals surface area (Å²) in [5.41, 5.74) is 6.15. The summed E-state index contributed by atoms with van der Waals surface area (Å²) in [6.45, 7) is 8.27. The number of carbonyl (C=O) groups is 1. The minimum atomic E-state index is -0.0128. The highest BCUT2D eigenvalue weighted by Gasteiger charge is 2.45. The van der Waals surface area contributed by atoms with Crippen LogP contribution < -0.4 is 5.73 Å². The van der Waals surface area contributed by atoms with Gasteiger partial charge in [-0.15, -0.1) is 0 Å². The van der Waals surface area contributed by atoms with Crippen molar-refractivity contribution in [2.24, 2.45) is 23.0 Å². The van der Waals surface area contributed by atoms with Crippen molar-refractivity contribution in [3.05, 3.63) is 0 Å². The predicted molar refractivity (Wildman–Crippen MR) is 79.8 cm³/mol. The van der Waals surface area contributed by atoms with E-state index in [1.54, 1.807) is 0 Å². The molecular formula is C15H31N3O. The second kappa shape index (κ2) is 6.23. The minimum Gasteiger partial charge on any atom is -0.344 e. The molecule has 1 aliphatic rings. The van der Waals surface area contributed by atoms with Crippen molar-refractivity contribution in [1.82, 2.24) is 9.80 Å². The second-order valence-corrected chi connectivity index (χ2v) is 6.97. The minimum absolute atomic E-state index is 0.0128. The number of rotatable bonds is 4. The molecule has 0 heterocycles. The lowest BCUT2D eigenvalue weighted by Gasteiger charge is -2.47.